The molecule has 1 aliphatic heterocycles. The number of aliphatic hydroxyl groups excluding tert-OH is 1. The van der Waals surface area contributed by atoms with E-state index < -0.39 is 11.7 Å². The average Bonchev–Trinajstić information content (AvgIpc) is 2.68. The fraction of sp³-hybridized carbons (Fsp3) is 0.667. The lowest BCUT2D eigenvalue weighted by Gasteiger charge is -2.32. The molecule has 0 aromatic rings. The maximum atomic E-state index is 11.7. The molecule has 1 saturated heterocycles. The molecule has 2 N–H and O–H groups in total. The monoisotopic (exact) mass is 264 g/mol. The van der Waals surface area contributed by atoms with Gasteiger partial charge in [0, 0.05) is 18.3 Å². The maximum absolute atomic E-state index is 11.7. The van der Waals surface area contributed by atoms with Gasteiger partial charge in [0.05, 0.1) is 17.6 Å². The van der Waals surface area contributed by atoms with Crippen molar-refractivity contribution in [3.8, 4) is 0 Å². The SMILES string of the molecule is C=C1CC2OC(=O)C(C)C2CC2(O)C(=C)C(O)CC12. The van der Waals surface area contributed by atoms with Gasteiger partial charge in [-0.2, -0.15) is 0 Å². The van der Waals surface area contributed by atoms with E-state index in [-0.39, 0.29) is 29.8 Å². The van der Waals surface area contributed by atoms with E-state index in [1.807, 2.05) is 6.92 Å². The minimum atomic E-state index is -1.14. The zero-order valence-electron chi connectivity index (χ0n) is 11.1. The molecule has 1 heterocycles. The van der Waals surface area contributed by atoms with E-state index in [1.165, 1.54) is 0 Å². The summed E-state index contributed by atoms with van der Waals surface area (Å²) in [6.45, 7) is 9.74. The van der Waals surface area contributed by atoms with Crippen molar-refractivity contribution < 1.29 is 19.7 Å². The Balaban J connectivity index is 1.99. The topological polar surface area (TPSA) is 66.8 Å². The predicted octanol–water partition coefficient (Wildman–Crippen LogP) is 1.18. The molecule has 0 amide bonds. The highest BCUT2D eigenvalue weighted by Gasteiger charge is 2.57. The van der Waals surface area contributed by atoms with Gasteiger partial charge >= 0.3 is 5.97 Å². The summed E-state index contributed by atoms with van der Waals surface area (Å²) in [5.74, 6) is -0.618. The first-order valence-electron chi connectivity index (χ1n) is 6.82. The highest BCUT2D eigenvalue weighted by atomic mass is 16.6. The second-order valence-corrected chi connectivity index (χ2v) is 6.25. The summed E-state index contributed by atoms with van der Waals surface area (Å²) < 4.78 is 5.40. The van der Waals surface area contributed by atoms with Gasteiger partial charge in [-0.05, 0) is 18.4 Å². The van der Waals surface area contributed by atoms with Gasteiger partial charge in [0.2, 0.25) is 0 Å². The fourth-order valence-corrected chi connectivity index (χ4v) is 3.95. The third-order valence-electron chi connectivity index (χ3n) is 5.26. The lowest BCUT2D eigenvalue weighted by molar-refractivity contribution is -0.143. The normalized spacial score (nSPS) is 49.6. The van der Waals surface area contributed by atoms with Gasteiger partial charge in [-0.15, -0.1) is 0 Å². The second-order valence-electron chi connectivity index (χ2n) is 6.25. The van der Waals surface area contributed by atoms with Crippen LogP contribution in [0, 0.1) is 17.8 Å². The lowest BCUT2D eigenvalue weighted by Crippen LogP contribution is -2.38. The van der Waals surface area contributed by atoms with Gasteiger partial charge in [-0.1, -0.05) is 25.7 Å². The van der Waals surface area contributed by atoms with Crippen LogP contribution in [0.2, 0.25) is 0 Å². The number of carbonyl (C=O) groups is 1. The molecule has 2 saturated carbocycles. The van der Waals surface area contributed by atoms with Crippen molar-refractivity contribution in [3.05, 3.63) is 24.3 Å². The van der Waals surface area contributed by atoms with Gasteiger partial charge < -0.3 is 14.9 Å². The number of hydrogen-bond acceptors (Lipinski definition) is 4. The van der Waals surface area contributed by atoms with Crippen molar-refractivity contribution in [2.45, 2.75) is 44.0 Å². The molecule has 4 heteroatoms. The molecule has 0 spiro atoms. The molecule has 0 bridgehead atoms. The largest absolute Gasteiger partial charge is 0.461 e. The number of esters is 1. The minimum absolute atomic E-state index is 0.0266. The van der Waals surface area contributed by atoms with Gasteiger partial charge in [0.1, 0.15) is 6.10 Å². The van der Waals surface area contributed by atoms with Gasteiger partial charge in [0.25, 0.3) is 0 Å². The lowest BCUT2D eigenvalue weighted by atomic mass is 9.77. The number of carbonyl (C=O) groups excluding carboxylic acids is 1. The smallest absolute Gasteiger partial charge is 0.309 e. The van der Waals surface area contributed by atoms with Crippen LogP contribution in [0.3, 0.4) is 0 Å². The molecular weight excluding hydrogens is 244 g/mol. The minimum Gasteiger partial charge on any atom is -0.461 e. The molecule has 6 unspecified atom stereocenters. The van der Waals surface area contributed by atoms with Crippen LogP contribution >= 0.6 is 0 Å². The summed E-state index contributed by atoms with van der Waals surface area (Å²) >= 11 is 0. The Labute approximate surface area is 112 Å². The summed E-state index contributed by atoms with van der Waals surface area (Å²) in [6, 6.07) is 0. The van der Waals surface area contributed by atoms with Crippen molar-refractivity contribution in [1.29, 1.82) is 0 Å². The zero-order valence-corrected chi connectivity index (χ0v) is 11.1. The molecular formula is C15H20O4. The molecule has 0 radical (unpaired) electrons. The Morgan fingerprint density at radius 1 is 1.42 bits per heavy atom. The third kappa shape index (κ3) is 1.63. The van der Waals surface area contributed by atoms with Crippen LogP contribution in [-0.4, -0.2) is 34.0 Å². The zero-order chi connectivity index (χ0) is 13.9. The maximum Gasteiger partial charge on any atom is 0.309 e. The Morgan fingerprint density at radius 2 is 2.11 bits per heavy atom. The van der Waals surface area contributed by atoms with E-state index in [0.29, 0.717) is 24.8 Å². The molecule has 0 aromatic heterocycles. The molecule has 3 fully saturated rings. The average molecular weight is 264 g/mol. The first-order valence-corrected chi connectivity index (χ1v) is 6.82. The van der Waals surface area contributed by atoms with Crippen molar-refractivity contribution in [1.82, 2.24) is 0 Å². The van der Waals surface area contributed by atoms with Gasteiger partial charge in [0.15, 0.2) is 0 Å². The summed E-state index contributed by atoms with van der Waals surface area (Å²) in [4.78, 5) is 11.7. The Hall–Kier alpha value is -1.13. The summed E-state index contributed by atoms with van der Waals surface area (Å²) in [5, 5.41) is 20.9. The number of aliphatic hydroxyl groups is 2. The second kappa shape index (κ2) is 3.93. The van der Waals surface area contributed by atoms with Gasteiger partial charge in [-0.3, -0.25) is 4.79 Å². The highest BCUT2D eigenvalue weighted by molar-refractivity contribution is 5.75. The van der Waals surface area contributed by atoms with Crippen molar-refractivity contribution in [2.75, 3.05) is 0 Å². The Kier molecular flexibility index (Phi) is 2.67. The van der Waals surface area contributed by atoms with Crippen molar-refractivity contribution in [2.24, 2.45) is 17.8 Å². The molecule has 2 aliphatic carbocycles. The molecule has 104 valence electrons. The number of rotatable bonds is 0. The van der Waals surface area contributed by atoms with E-state index in [2.05, 4.69) is 13.2 Å². The number of fused-ring (bicyclic) bond motifs is 2. The molecule has 0 aromatic carbocycles. The predicted molar refractivity (Wildman–Crippen MR) is 69.1 cm³/mol. The quantitative estimate of drug-likeness (QED) is 0.509. The Bertz CT molecular complexity index is 469. The van der Waals surface area contributed by atoms with Crippen LogP contribution in [0.5, 0.6) is 0 Å². The first-order chi connectivity index (χ1) is 8.84. The highest BCUT2D eigenvalue weighted by Crippen LogP contribution is 2.53. The molecule has 19 heavy (non-hydrogen) atoms. The van der Waals surface area contributed by atoms with Crippen LogP contribution in [0.4, 0.5) is 0 Å². The summed E-state index contributed by atoms with van der Waals surface area (Å²) in [5.41, 5.74) is 0.179. The van der Waals surface area contributed by atoms with Crippen LogP contribution in [-0.2, 0) is 9.53 Å². The first kappa shape index (κ1) is 12.9. The Morgan fingerprint density at radius 3 is 2.79 bits per heavy atom. The molecule has 4 nitrogen and oxygen atoms in total. The van der Waals surface area contributed by atoms with Crippen LogP contribution < -0.4 is 0 Å². The third-order valence-corrected chi connectivity index (χ3v) is 5.26. The molecule has 3 rings (SSSR count). The van der Waals surface area contributed by atoms with E-state index in [4.69, 9.17) is 4.74 Å². The van der Waals surface area contributed by atoms with E-state index in [1.54, 1.807) is 0 Å². The standard InChI is InChI=1S/C15H20O4/c1-7-4-13-10(8(2)14(17)19-13)6-15(18)9(3)12(16)5-11(7)15/h8,10-13,16,18H,1,3-6H2,2H3. The van der Waals surface area contributed by atoms with Crippen LogP contribution in [0.25, 0.3) is 0 Å². The van der Waals surface area contributed by atoms with Crippen LogP contribution in [0.15, 0.2) is 24.3 Å². The van der Waals surface area contributed by atoms with E-state index in [9.17, 15) is 15.0 Å². The van der Waals surface area contributed by atoms with Crippen LogP contribution in [0.1, 0.15) is 26.2 Å². The van der Waals surface area contributed by atoms with Crippen molar-refractivity contribution in [3.63, 3.8) is 0 Å². The van der Waals surface area contributed by atoms with Gasteiger partial charge in [-0.25, -0.2) is 0 Å². The molecule has 6 atom stereocenters. The number of hydrogen-bond donors (Lipinski definition) is 2. The molecule has 3 aliphatic rings. The fourth-order valence-electron chi connectivity index (χ4n) is 3.95. The van der Waals surface area contributed by atoms with E-state index >= 15 is 0 Å². The summed E-state index contributed by atoms with van der Waals surface area (Å²) in [6.07, 6.45) is 0.597. The summed E-state index contributed by atoms with van der Waals surface area (Å²) in [7, 11) is 0. The van der Waals surface area contributed by atoms with E-state index in [0.717, 1.165) is 5.57 Å². The van der Waals surface area contributed by atoms with Crippen molar-refractivity contribution >= 4 is 5.97 Å². The number of ether oxygens (including phenoxy) is 1.